The first-order valence-corrected chi connectivity index (χ1v) is 7.29. The van der Waals surface area contributed by atoms with Gasteiger partial charge in [0.2, 0.25) is 0 Å². The highest BCUT2D eigenvalue weighted by molar-refractivity contribution is 9.11. The van der Waals surface area contributed by atoms with E-state index in [0.717, 1.165) is 17.7 Å². The molecule has 1 atom stereocenters. The van der Waals surface area contributed by atoms with E-state index in [1.165, 1.54) is 0 Å². The normalized spacial score (nSPS) is 12.4. The molecule has 19 heavy (non-hydrogen) atoms. The molecule has 0 heterocycles. The Morgan fingerprint density at radius 1 is 1.37 bits per heavy atom. The number of carbonyl (C=O) groups excluding carboxylic acids is 1. The zero-order valence-corrected chi connectivity index (χ0v) is 12.9. The van der Waals surface area contributed by atoms with Crippen LogP contribution in [0.2, 0.25) is 0 Å². The number of rotatable bonds is 7. The summed E-state index contributed by atoms with van der Waals surface area (Å²) < 4.78 is 10.9. The first-order valence-electron chi connectivity index (χ1n) is 6.38. The van der Waals surface area contributed by atoms with Crippen molar-refractivity contribution in [3.63, 3.8) is 0 Å². The quantitative estimate of drug-likeness (QED) is 0.714. The molecule has 0 fully saturated rings. The highest BCUT2D eigenvalue weighted by Crippen LogP contribution is 2.21. The van der Waals surface area contributed by atoms with Crippen LogP contribution in [0.25, 0.3) is 0 Å². The molecule has 0 saturated carbocycles. The zero-order chi connectivity index (χ0) is 14.1. The van der Waals surface area contributed by atoms with Gasteiger partial charge in [-0.1, -0.05) is 41.1 Å². The van der Waals surface area contributed by atoms with Crippen LogP contribution < -0.4 is 4.74 Å². The molecule has 1 aromatic carbocycles. The monoisotopic (exact) mass is 326 g/mol. The number of hydrogen-bond donors (Lipinski definition) is 0. The predicted molar refractivity (Wildman–Crippen MR) is 79.6 cm³/mol. The van der Waals surface area contributed by atoms with E-state index in [1.807, 2.05) is 37.3 Å². The van der Waals surface area contributed by atoms with Crippen LogP contribution in [0.1, 0.15) is 25.8 Å². The van der Waals surface area contributed by atoms with Crippen molar-refractivity contribution in [3.8, 4) is 5.75 Å². The molecule has 104 valence electrons. The summed E-state index contributed by atoms with van der Waals surface area (Å²) in [5.41, 5.74) is 0.849. The van der Waals surface area contributed by atoms with Crippen molar-refractivity contribution in [3.05, 3.63) is 40.9 Å². The van der Waals surface area contributed by atoms with Crippen LogP contribution in [-0.4, -0.2) is 18.7 Å². The summed E-state index contributed by atoms with van der Waals surface area (Å²) in [6.07, 6.45) is 3.01. The number of hydrogen-bond acceptors (Lipinski definition) is 3. The molecule has 3 nitrogen and oxygen atoms in total. The van der Waals surface area contributed by atoms with Crippen LogP contribution in [0, 0.1) is 0 Å². The third kappa shape index (κ3) is 5.47. The Morgan fingerprint density at radius 2 is 2.11 bits per heavy atom. The largest absolute Gasteiger partial charge is 0.486 e. The van der Waals surface area contributed by atoms with Gasteiger partial charge >= 0.3 is 5.97 Å². The molecule has 1 unspecified atom stereocenters. The smallest absolute Gasteiger partial charge is 0.310 e. The molecule has 1 aromatic rings. The lowest BCUT2D eigenvalue weighted by Crippen LogP contribution is -2.14. The fraction of sp³-hybridized carbons (Fsp3) is 0.400. The summed E-state index contributed by atoms with van der Waals surface area (Å²) in [5.74, 6) is 0.496. The first-order chi connectivity index (χ1) is 9.21. The summed E-state index contributed by atoms with van der Waals surface area (Å²) >= 11 is 3.25. The van der Waals surface area contributed by atoms with E-state index in [1.54, 1.807) is 11.9 Å². The van der Waals surface area contributed by atoms with E-state index in [0.29, 0.717) is 6.61 Å². The lowest BCUT2D eigenvalue weighted by atomic mass is 10.1. The summed E-state index contributed by atoms with van der Waals surface area (Å²) in [5, 5.41) is 0. The van der Waals surface area contributed by atoms with Crippen molar-refractivity contribution >= 4 is 21.9 Å². The molecule has 0 amide bonds. The number of benzene rings is 1. The number of halogens is 1. The predicted octanol–water partition coefficient (Wildman–Crippen LogP) is 3.86. The fourth-order valence-electron chi connectivity index (χ4n) is 1.64. The Bertz CT molecular complexity index is 429. The highest BCUT2D eigenvalue weighted by atomic mass is 79.9. The number of carbonyl (C=O) groups is 1. The van der Waals surface area contributed by atoms with Gasteiger partial charge in [0.15, 0.2) is 0 Å². The van der Waals surface area contributed by atoms with Gasteiger partial charge in [-0.25, -0.2) is 0 Å². The number of esters is 1. The van der Waals surface area contributed by atoms with Gasteiger partial charge in [-0.15, -0.1) is 0 Å². The van der Waals surface area contributed by atoms with E-state index in [2.05, 4.69) is 15.9 Å². The standard InChI is InChI=1S/C15H19BrO3/c1-3-13(9-10-16)19-14-8-6-5-7-12(14)11-15(17)18-4-2/h5-10,13H,3-4,11H2,1-2H3/b10-9+. The minimum atomic E-state index is -0.234. The zero-order valence-electron chi connectivity index (χ0n) is 11.3. The molecular formula is C15H19BrO3. The Morgan fingerprint density at radius 3 is 2.74 bits per heavy atom. The molecule has 0 radical (unpaired) electrons. The maximum absolute atomic E-state index is 11.5. The van der Waals surface area contributed by atoms with Gasteiger partial charge in [0, 0.05) is 5.56 Å². The van der Waals surface area contributed by atoms with Crippen molar-refractivity contribution in [1.82, 2.24) is 0 Å². The van der Waals surface area contributed by atoms with Gasteiger partial charge in [0.05, 0.1) is 13.0 Å². The highest BCUT2D eigenvalue weighted by Gasteiger charge is 2.11. The van der Waals surface area contributed by atoms with Gasteiger partial charge in [-0.2, -0.15) is 0 Å². The summed E-state index contributed by atoms with van der Waals surface area (Å²) in [6.45, 7) is 4.24. The number of para-hydroxylation sites is 1. The molecule has 0 spiro atoms. The average Bonchev–Trinajstić information content (AvgIpc) is 2.40. The Balaban J connectivity index is 2.80. The fourth-order valence-corrected chi connectivity index (χ4v) is 1.98. The molecule has 1 rings (SSSR count). The molecule has 0 bridgehead atoms. The second-order valence-corrected chi connectivity index (χ2v) is 4.50. The van der Waals surface area contributed by atoms with E-state index in [-0.39, 0.29) is 18.5 Å². The summed E-state index contributed by atoms with van der Waals surface area (Å²) in [6, 6.07) is 7.55. The third-order valence-corrected chi connectivity index (χ3v) is 2.89. The van der Waals surface area contributed by atoms with E-state index in [4.69, 9.17) is 9.47 Å². The lowest BCUT2D eigenvalue weighted by Gasteiger charge is -2.16. The van der Waals surface area contributed by atoms with Crippen molar-refractivity contribution < 1.29 is 14.3 Å². The van der Waals surface area contributed by atoms with Gasteiger partial charge in [-0.3, -0.25) is 4.79 Å². The maximum Gasteiger partial charge on any atom is 0.310 e. The average molecular weight is 327 g/mol. The minimum Gasteiger partial charge on any atom is -0.486 e. The maximum atomic E-state index is 11.5. The molecule has 0 N–H and O–H groups in total. The molecular weight excluding hydrogens is 308 g/mol. The Labute approximate surface area is 122 Å². The van der Waals surface area contributed by atoms with Crippen LogP contribution in [0.3, 0.4) is 0 Å². The molecule has 0 saturated heterocycles. The Kier molecular flexibility index (Phi) is 7.26. The first kappa shape index (κ1) is 15.8. The Hall–Kier alpha value is -1.29. The van der Waals surface area contributed by atoms with Crippen molar-refractivity contribution in [2.45, 2.75) is 32.8 Å². The lowest BCUT2D eigenvalue weighted by molar-refractivity contribution is -0.142. The summed E-state index contributed by atoms with van der Waals surface area (Å²) in [7, 11) is 0. The van der Waals surface area contributed by atoms with Gasteiger partial charge < -0.3 is 9.47 Å². The van der Waals surface area contributed by atoms with E-state index in [9.17, 15) is 4.79 Å². The van der Waals surface area contributed by atoms with Crippen LogP contribution >= 0.6 is 15.9 Å². The second-order valence-electron chi connectivity index (χ2n) is 3.97. The minimum absolute atomic E-state index is 0.0114. The van der Waals surface area contributed by atoms with Crippen LogP contribution in [0.5, 0.6) is 5.75 Å². The van der Waals surface area contributed by atoms with Gasteiger partial charge in [0.1, 0.15) is 11.9 Å². The van der Waals surface area contributed by atoms with Gasteiger partial charge in [0.25, 0.3) is 0 Å². The molecule has 0 aliphatic heterocycles. The van der Waals surface area contributed by atoms with Gasteiger partial charge in [-0.05, 0) is 30.5 Å². The molecule has 0 aliphatic carbocycles. The molecule has 0 aliphatic rings. The van der Waals surface area contributed by atoms with Crippen molar-refractivity contribution in [1.29, 1.82) is 0 Å². The van der Waals surface area contributed by atoms with Crippen molar-refractivity contribution in [2.24, 2.45) is 0 Å². The third-order valence-electron chi connectivity index (χ3n) is 2.58. The molecule has 4 heteroatoms. The second kappa shape index (κ2) is 8.75. The summed E-state index contributed by atoms with van der Waals surface area (Å²) in [4.78, 5) is 13.3. The van der Waals surface area contributed by atoms with Crippen LogP contribution in [0.15, 0.2) is 35.3 Å². The van der Waals surface area contributed by atoms with Crippen molar-refractivity contribution in [2.75, 3.05) is 6.61 Å². The topological polar surface area (TPSA) is 35.5 Å². The number of ether oxygens (including phenoxy) is 2. The molecule has 0 aromatic heterocycles. The van der Waals surface area contributed by atoms with Crippen LogP contribution in [0.4, 0.5) is 0 Å². The van der Waals surface area contributed by atoms with E-state index >= 15 is 0 Å². The SMILES string of the molecule is CCOC(=O)Cc1ccccc1OC(/C=C/Br)CC. The van der Waals surface area contributed by atoms with Crippen LogP contribution in [-0.2, 0) is 16.0 Å². The van der Waals surface area contributed by atoms with E-state index < -0.39 is 0 Å².